The first-order valence-electron chi connectivity index (χ1n) is 5.60. The molecule has 0 bridgehead atoms. The molecule has 3 N–H and O–H groups in total. The monoisotopic (exact) mass is 236 g/mol. The highest BCUT2D eigenvalue weighted by Gasteiger charge is 2.24. The SMILES string of the molecule is Nc1ccccc1OCC(=O)N1CCC(O)C1. The zero-order valence-electron chi connectivity index (χ0n) is 9.50. The lowest BCUT2D eigenvalue weighted by Gasteiger charge is -2.16. The van der Waals surface area contributed by atoms with Crippen molar-refractivity contribution in [3.8, 4) is 5.75 Å². The first-order valence-corrected chi connectivity index (χ1v) is 5.60. The second kappa shape index (κ2) is 5.05. The van der Waals surface area contributed by atoms with E-state index >= 15 is 0 Å². The second-order valence-electron chi connectivity index (χ2n) is 4.11. The molecule has 1 saturated heterocycles. The molecule has 0 spiro atoms. The molecule has 17 heavy (non-hydrogen) atoms. The van der Waals surface area contributed by atoms with E-state index in [0.29, 0.717) is 30.9 Å². The number of anilines is 1. The molecule has 1 unspecified atom stereocenters. The minimum absolute atomic E-state index is 0.0407. The number of nitrogen functional groups attached to an aromatic ring is 1. The Morgan fingerprint density at radius 3 is 2.94 bits per heavy atom. The summed E-state index contributed by atoms with van der Waals surface area (Å²) in [5.74, 6) is 0.394. The van der Waals surface area contributed by atoms with Crippen molar-refractivity contribution >= 4 is 11.6 Å². The van der Waals surface area contributed by atoms with Gasteiger partial charge in [0.1, 0.15) is 5.75 Å². The number of benzene rings is 1. The first-order chi connectivity index (χ1) is 8.16. The average Bonchev–Trinajstić information content (AvgIpc) is 2.74. The number of amides is 1. The van der Waals surface area contributed by atoms with Gasteiger partial charge >= 0.3 is 0 Å². The number of β-amino-alcohol motifs (C(OH)–C–C–N with tert-alkyl or cyclic N) is 1. The van der Waals surface area contributed by atoms with Gasteiger partial charge in [-0.1, -0.05) is 12.1 Å². The lowest BCUT2D eigenvalue weighted by molar-refractivity contribution is -0.132. The van der Waals surface area contributed by atoms with Crippen LogP contribution in [0.5, 0.6) is 5.75 Å². The highest BCUT2D eigenvalue weighted by molar-refractivity contribution is 5.78. The van der Waals surface area contributed by atoms with Crippen LogP contribution < -0.4 is 10.5 Å². The molecule has 5 nitrogen and oxygen atoms in total. The third-order valence-corrected chi connectivity index (χ3v) is 2.79. The topological polar surface area (TPSA) is 75.8 Å². The molecule has 1 aromatic rings. The van der Waals surface area contributed by atoms with Crippen LogP contribution >= 0.6 is 0 Å². The normalized spacial score (nSPS) is 19.4. The number of para-hydroxylation sites is 2. The summed E-state index contributed by atoms with van der Waals surface area (Å²) in [6.45, 7) is 0.945. The van der Waals surface area contributed by atoms with Gasteiger partial charge < -0.3 is 20.5 Å². The number of carbonyl (C=O) groups is 1. The van der Waals surface area contributed by atoms with Gasteiger partial charge in [-0.25, -0.2) is 0 Å². The van der Waals surface area contributed by atoms with Crippen molar-refractivity contribution in [2.24, 2.45) is 0 Å². The van der Waals surface area contributed by atoms with Crippen LogP contribution in [0, 0.1) is 0 Å². The number of carbonyl (C=O) groups excluding carboxylic acids is 1. The van der Waals surface area contributed by atoms with Crippen LogP contribution in [0.15, 0.2) is 24.3 Å². The molecule has 2 rings (SSSR count). The molecule has 1 amide bonds. The van der Waals surface area contributed by atoms with Gasteiger partial charge in [-0.3, -0.25) is 4.79 Å². The number of aliphatic hydroxyl groups is 1. The summed E-state index contributed by atoms with van der Waals surface area (Å²) in [5.41, 5.74) is 6.21. The Kier molecular flexibility index (Phi) is 3.49. The molecule has 1 atom stereocenters. The molecule has 0 aromatic heterocycles. The molecule has 0 radical (unpaired) electrons. The van der Waals surface area contributed by atoms with Crippen molar-refractivity contribution < 1.29 is 14.6 Å². The summed E-state index contributed by atoms with van der Waals surface area (Å²) < 4.78 is 5.35. The number of likely N-dealkylation sites (tertiary alicyclic amines) is 1. The van der Waals surface area contributed by atoms with E-state index in [1.54, 1.807) is 29.2 Å². The van der Waals surface area contributed by atoms with Crippen LogP contribution in [0.3, 0.4) is 0 Å². The van der Waals surface area contributed by atoms with Gasteiger partial charge in [0, 0.05) is 13.1 Å². The maximum absolute atomic E-state index is 11.7. The molecule has 0 saturated carbocycles. The van der Waals surface area contributed by atoms with Gasteiger partial charge in [0.2, 0.25) is 0 Å². The van der Waals surface area contributed by atoms with Crippen molar-refractivity contribution in [3.63, 3.8) is 0 Å². The molecule has 1 fully saturated rings. The van der Waals surface area contributed by atoms with Crippen molar-refractivity contribution in [1.82, 2.24) is 4.90 Å². The number of hydrogen-bond donors (Lipinski definition) is 2. The van der Waals surface area contributed by atoms with Crippen LogP contribution in [0.25, 0.3) is 0 Å². The van der Waals surface area contributed by atoms with Gasteiger partial charge in [-0.05, 0) is 18.6 Å². The maximum atomic E-state index is 11.7. The van der Waals surface area contributed by atoms with Crippen LogP contribution in [-0.4, -0.2) is 41.7 Å². The number of rotatable bonds is 3. The van der Waals surface area contributed by atoms with E-state index in [9.17, 15) is 9.90 Å². The Hall–Kier alpha value is -1.75. The number of nitrogens with two attached hydrogens (primary N) is 1. The maximum Gasteiger partial charge on any atom is 0.260 e. The van der Waals surface area contributed by atoms with Crippen molar-refractivity contribution in [3.05, 3.63) is 24.3 Å². The Balaban J connectivity index is 1.86. The highest BCUT2D eigenvalue weighted by atomic mass is 16.5. The Bertz CT molecular complexity index is 408. The summed E-state index contributed by atoms with van der Waals surface area (Å²) in [6, 6.07) is 7.05. The predicted octanol–water partition coefficient (Wildman–Crippen LogP) is 0.241. The average molecular weight is 236 g/mol. The highest BCUT2D eigenvalue weighted by Crippen LogP contribution is 2.19. The largest absolute Gasteiger partial charge is 0.482 e. The fourth-order valence-corrected chi connectivity index (χ4v) is 1.81. The van der Waals surface area contributed by atoms with Crippen molar-refractivity contribution in [2.75, 3.05) is 25.4 Å². The van der Waals surface area contributed by atoms with Gasteiger partial charge in [0.15, 0.2) is 6.61 Å². The smallest absolute Gasteiger partial charge is 0.260 e. The lowest BCUT2D eigenvalue weighted by Crippen LogP contribution is -2.33. The number of nitrogens with zero attached hydrogens (tertiary/aromatic N) is 1. The summed E-state index contributed by atoms with van der Waals surface area (Å²) in [7, 11) is 0. The third kappa shape index (κ3) is 2.88. The Morgan fingerprint density at radius 2 is 2.29 bits per heavy atom. The van der Waals surface area contributed by atoms with E-state index < -0.39 is 6.10 Å². The zero-order chi connectivity index (χ0) is 12.3. The summed E-state index contributed by atoms with van der Waals surface area (Å²) in [4.78, 5) is 13.3. The molecule has 5 heteroatoms. The van der Waals surface area contributed by atoms with Crippen LogP contribution in [0.1, 0.15) is 6.42 Å². The number of hydrogen-bond acceptors (Lipinski definition) is 4. The predicted molar refractivity (Wildman–Crippen MR) is 63.6 cm³/mol. The molecular weight excluding hydrogens is 220 g/mol. The summed E-state index contributed by atoms with van der Waals surface area (Å²) in [5, 5.41) is 9.32. The van der Waals surface area contributed by atoms with Crippen molar-refractivity contribution in [2.45, 2.75) is 12.5 Å². The molecule has 1 aromatic carbocycles. The molecule has 1 aliphatic heterocycles. The van der Waals surface area contributed by atoms with E-state index in [1.807, 2.05) is 0 Å². The summed E-state index contributed by atoms with van der Waals surface area (Å²) >= 11 is 0. The van der Waals surface area contributed by atoms with Gasteiger partial charge in [-0.2, -0.15) is 0 Å². The van der Waals surface area contributed by atoms with E-state index in [1.165, 1.54) is 0 Å². The second-order valence-corrected chi connectivity index (χ2v) is 4.11. The van der Waals surface area contributed by atoms with Crippen LogP contribution in [0.2, 0.25) is 0 Å². The molecular formula is C12H16N2O3. The minimum Gasteiger partial charge on any atom is -0.482 e. The molecule has 0 aliphatic carbocycles. The number of aliphatic hydroxyl groups excluding tert-OH is 1. The zero-order valence-corrected chi connectivity index (χ0v) is 9.50. The standard InChI is InChI=1S/C12H16N2O3/c13-10-3-1-2-4-11(10)17-8-12(16)14-6-5-9(15)7-14/h1-4,9,15H,5-8,13H2. The Morgan fingerprint density at radius 1 is 1.53 bits per heavy atom. The fourth-order valence-electron chi connectivity index (χ4n) is 1.81. The van der Waals surface area contributed by atoms with Gasteiger partial charge in [-0.15, -0.1) is 0 Å². The lowest BCUT2D eigenvalue weighted by atomic mass is 10.3. The fraction of sp³-hybridized carbons (Fsp3) is 0.417. The van der Waals surface area contributed by atoms with Crippen molar-refractivity contribution in [1.29, 1.82) is 0 Å². The quantitative estimate of drug-likeness (QED) is 0.737. The third-order valence-electron chi connectivity index (χ3n) is 2.79. The molecule has 1 heterocycles. The van der Waals surface area contributed by atoms with E-state index in [-0.39, 0.29) is 12.5 Å². The van der Waals surface area contributed by atoms with E-state index in [0.717, 1.165) is 0 Å². The molecule has 1 aliphatic rings. The van der Waals surface area contributed by atoms with Gasteiger partial charge in [0.05, 0.1) is 11.8 Å². The summed E-state index contributed by atoms with van der Waals surface area (Å²) in [6.07, 6.45) is 0.236. The van der Waals surface area contributed by atoms with Crippen LogP contribution in [0.4, 0.5) is 5.69 Å². The molecule has 92 valence electrons. The minimum atomic E-state index is -0.402. The van der Waals surface area contributed by atoms with Crippen LogP contribution in [-0.2, 0) is 4.79 Å². The van der Waals surface area contributed by atoms with E-state index in [2.05, 4.69) is 0 Å². The first kappa shape index (κ1) is 11.7. The van der Waals surface area contributed by atoms with E-state index in [4.69, 9.17) is 10.5 Å². The number of ether oxygens (including phenoxy) is 1. The van der Waals surface area contributed by atoms with Gasteiger partial charge in [0.25, 0.3) is 5.91 Å². The Labute approximate surface area is 99.8 Å².